The van der Waals surface area contributed by atoms with Gasteiger partial charge in [-0.15, -0.1) is 15.0 Å². The summed E-state index contributed by atoms with van der Waals surface area (Å²) < 4.78 is 3.63. The quantitative estimate of drug-likeness (QED) is 0.654. The topological polar surface area (TPSA) is 68.3 Å². The standard InChI is InChI=1S/C5H4N6S/c1-2-6-11(3-1)9-7-5-4-12-10-8-5/h1-4H/b9-7+. The Morgan fingerprint density at radius 2 is 2.50 bits per heavy atom. The Hall–Kier alpha value is -1.63. The van der Waals surface area contributed by atoms with E-state index < -0.39 is 0 Å². The first kappa shape index (κ1) is 7.04. The molecule has 60 valence electrons. The van der Waals surface area contributed by atoms with Gasteiger partial charge in [0.2, 0.25) is 5.82 Å². The van der Waals surface area contributed by atoms with E-state index in [1.807, 2.05) is 0 Å². The average Bonchev–Trinajstić information content (AvgIpc) is 2.74. The zero-order chi connectivity index (χ0) is 8.23. The highest BCUT2D eigenvalue weighted by atomic mass is 32.1. The second-order valence-electron chi connectivity index (χ2n) is 1.88. The lowest BCUT2D eigenvalue weighted by atomic mass is 10.8. The summed E-state index contributed by atoms with van der Waals surface area (Å²) in [5.41, 5.74) is 0. The molecular formula is C5H4N6S. The molecule has 0 unspecified atom stereocenters. The van der Waals surface area contributed by atoms with Crippen LogP contribution in [0.2, 0.25) is 0 Å². The maximum atomic E-state index is 3.83. The Bertz CT molecular complexity index is 313. The average molecular weight is 180 g/mol. The van der Waals surface area contributed by atoms with Gasteiger partial charge in [-0.1, -0.05) is 4.49 Å². The third kappa shape index (κ3) is 1.51. The zero-order valence-electron chi connectivity index (χ0n) is 5.90. The number of nitrogens with zero attached hydrogens (tertiary/aromatic N) is 6. The summed E-state index contributed by atoms with van der Waals surface area (Å²) >= 11 is 1.23. The van der Waals surface area contributed by atoms with Crippen molar-refractivity contribution in [1.82, 2.24) is 19.5 Å². The lowest BCUT2D eigenvalue weighted by Crippen LogP contribution is -1.84. The third-order valence-corrected chi connectivity index (χ3v) is 1.57. The van der Waals surface area contributed by atoms with Gasteiger partial charge >= 0.3 is 0 Å². The fourth-order valence-electron chi connectivity index (χ4n) is 0.609. The van der Waals surface area contributed by atoms with E-state index in [1.165, 1.54) is 16.3 Å². The van der Waals surface area contributed by atoms with E-state index in [2.05, 4.69) is 25.0 Å². The Labute approximate surface area is 71.7 Å². The predicted molar refractivity (Wildman–Crippen MR) is 42.1 cm³/mol. The van der Waals surface area contributed by atoms with Crippen molar-refractivity contribution in [2.75, 3.05) is 0 Å². The van der Waals surface area contributed by atoms with Crippen molar-refractivity contribution in [3.63, 3.8) is 0 Å². The van der Waals surface area contributed by atoms with E-state index in [4.69, 9.17) is 0 Å². The number of aromatic nitrogens is 4. The lowest BCUT2D eigenvalue weighted by Gasteiger charge is -1.83. The molecule has 0 N–H and O–H groups in total. The minimum Gasteiger partial charge on any atom is -0.158 e. The highest BCUT2D eigenvalue weighted by Gasteiger charge is 1.90. The molecule has 2 heterocycles. The second kappa shape index (κ2) is 3.18. The van der Waals surface area contributed by atoms with Gasteiger partial charge in [0.15, 0.2) is 0 Å². The molecule has 0 aliphatic rings. The molecule has 2 rings (SSSR count). The maximum Gasteiger partial charge on any atom is 0.210 e. The molecule has 0 radical (unpaired) electrons. The third-order valence-electron chi connectivity index (χ3n) is 1.08. The van der Waals surface area contributed by atoms with Crippen molar-refractivity contribution in [2.24, 2.45) is 10.3 Å². The van der Waals surface area contributed by atoms with Crippen LogP contribution in [0.15, 0.2) is 34.2 Å². The zero-order valence-corrected chi connectivity index (χ0v) is 6.72. The van der Waals surface area contributed by atoms with Crippen molar-refractivity contribution in [3.8, 4) is 0 Å². The molecule has 0 spiro atoms. The van der Waals surface area contributed by atoms with Gasteiger partial charge in [-0.3, -0.25) is 0 Å². The van der Waals surface area contributed by atoms with Crippen LogP contribution in [-0.4, -0.2) is 19.5 Å². The van der Waals surface area contributed by atoms with Crippen LogP contribution in [0.1, 0.15) is 0 Å². The van der Waals surface area contributed by atoms with Gasteiger partial charge in [0.25, 0.3) is 0 Å². The van der Waals surface area contributed by atoms with Crippen LogP contribution in [-0.2, 0) is 0 Å². The van der Waals surface area contributed by atoms with Crippen molar-refractivity contribution in [3.05, 3.63) is 23.8 Å². The maximum absolute atomic E-state index is 3.83. The van der Waals surface area contributed by atoms with Gasteiger partial charge in [-0.25, -0.2) is 0 Å². The SMILES string of the molecule is c1cnn(/N=N/c2csnn2)c1. The highest BCUT2D eigenvalue weighted by molar-refractivity contribution is 7.03. The molecule has 6 nitrogen and oxygen atoms in total. The first-order chi connectivity index (χ1) is 5.95. The fraction of sp³-hybridized carbons (Fsp3) is 0. The van der Waals surface area contributed by atoms with Crippen LogP contribution >= 0.6 is 11.5 Å². The first-order valence-electron chi connectivity index (χ1n) is 3.14. The van der Waals surface area contributed by atoms with Gasteiger partial charge in [-0.05, 0) is 22.8 Å². The molecule has 0 atom stereocenters. The molecule has 12 heavy (non-hydrogen) atoms. The van der Waals surface area contributed by atoms with Crippen LogP contribution in [0.25, 0.3) is 0 Å². The summed E-state index contributed by atoms with van der Waals surface area (Å²) in [6.07, 6.45) is 3.31. The van der Waals surface area contributed by atoms with E-state index >= 15 is 0 Å². The molecule has 0 saturated heterocycles. The highest BCUT2D eigenvalue weighted by Crippen LogP contribution is 2.07. The number of hydrogen-bond donors (Lipinski definition) is 0. The molecule has 0 bridgehead atoms. The van der Waals surface area contributed by atoms with Crippen molar-refractivity contribution >= 4 is 17.4 Å². The van der Waals surface area contributed by atoms with Crippen molar-refractivity contribution in [1.29, 1.82) is 0 Å². The molecule has 2 aromatic rings. The first-order valence-corrected chi connectivity index (χ1v) is 3.97. The van der Waals surface area contributed by atoms with Crippen LogP contribution in [0.5, 0.6) is 0 Å². The second-order valence-corrected chi connectivity index (χ2v) is 2.49. The summed E-state index contributed by atoms with van der Waals surface area (Å²) in [6, 6.07) is 1.76. The summed E-state index contributed by atoms with van der Waals surface area (Å²) in [7, 11) is 0. The van der Waals surface area contributed by atoms with Crippen LogP contribution in [0.4, 0.5) is 5.82 Å². The van der Waals surface area contributed by atoms with Crippen molar-refractivity contribution in [2.45, 2.75) is 0 Å². The molecule has 0 aliphatic heterocycles. The Kier molecular flexibility index (Phi) is 1.87. The van der Waals surface area contributed by atoms with E-state index in [-0.39, 0.29) is 0 Å². The summed E-state index contributed by atoms with van der Waals surface area (Å²) in [5.74, 6) is 0.496. The van der Waals surface area contributed by atoms with E-state index in [0.717, 1.165) is 0 Å². The Balaban J connectivity index is 2.14. The summed E-state index contributed by atoms with van der Waals surface area (Å²) in [4.78, 5) is 1.35. The molecule has 0 aromatic carbocycles. The van der Waals surface area contributed by atoms with Gasteiger partial charge < -0.3 is 0 Å². The van der Waals surface area contributed by atoms with Gasteiger partial charge in [0.05, 0.1) is 17.8 Å². The van der Waals surface area contributed by atoms with E-state index in [1.54, 1.807) is 23.8 Å². The monoisotopic (exact) mass is 180 g/mol. The van der Waals surface area contributed by atoms with E-state index in [9.17, 15) is 0 Å². The van der Waals surface area contributed by atoms with Gasteiger partial charge in [-0.2, -0.15) is 5.10 Å². The van der Waals surface area contributed by atoms with Crippen LogP contribution in [0, 0.1) is 0 Å². The molecule has 0 amide bonds. The molecule has 7 heteroatoms. The smallest absolute Gasteiger partial charge is 0.158 e. The predicted octanol–water partition coefficient (Wildman–Crippen LogP) is 1.28. The minimum absolute atomic E-state index is 0.496. The number of rotatable bonds is 2. The largest absolute Gasteiger partial charge is 0.210 e. The van der Waals surface area contributed by atoms with Crippen LogP contribution in [0.3, 0.4) is 0 Å². The molecule has 0 fully saturated rings. The van der Waals surface area contributed by atoms with Gasteiger partial charge in [0, 0.05) is 0 Å². The molecule has 0 aliphatic carbocycles. The Morgan fingerprint density at radius 1 is 1.50 bits per heavy atom. The van der Waals surface area contributed by atoms with E-state index in [0.29, 0.717) is 5.82 Å². The van der Waals surface area contributed by atoms with Crippen LogP contribution < -0.4 is 0 Å². The normalized spacial score (nSPS) is 11.0. The molecular weight excluding hydrogens is 176 g/mol. The summed E-state index contributed by atoms with van der Waals surface area (Å²) in [5, 5.41) is 16.7. The molecule has 0 saturated carbocycles. The van der Waals surface area contributed by atoms with Crippen molar-refractivity contribution < 1.29 is 0 Å². The Morgan fingerprint density at radius 3 is 3.17 bits per heavy atom. The molecule has 2 aromatic heterocycles. The number of hydrogen-bond acceptors (Lipinski definition) is 6. The fourth-order valence-corrected chi connectivity index (χ4v) is 0.975. The summed E-state index contributed by atoms with van der Waals surface area (Å²) in [6.45, 7) is 0. The van der Waals surface area contributed by atoms with Gasteiger partial charge in [0.1, 0.15) is 0 Å². The lowest BCUT2D eigenvalue weighted by molar-refractivity contribution is 0.689. The minimum atomic E-state index is 0.496.